The van der Waals surface area contributed by atoms with Crippen molar-refractivity contribution >= 4 is 34.9 Å². The van der Waals surface area contributed by atoms with Crippen molar-refractivity contribution in [3.63, 3.8) is 0 Å². The number of allylic oxidation sites excluding steroid dienone is 2. The van der Waals surface area contributed by atoms with Crippen LogP contribution >= 0.6 is 11.6 Å². The van der Waals surface area contributed by atoms with E-state index in [1.54, 1.807) is 23.1 Å². The molecule has 0 fully saturated rings. The molecule has 0 saturated carbocycles. The van der Waals surface area contributed by atoms with Crippen LogP contribution in [0, 0.1) is 0 Å². The van der Waals surface area contributed by atoms with Gasteiger partial charge < -0.3 is 5.11 Å². The Hall–Kier alpha value is -2.92. The molecule has 1 aliphatic carbocycles. The van der Waals surface area contributed by atoms with Crippen LogP contribution in [0.2, 0.25) is 5.02 Å². The maximum Gasteiger partial charge on any atom is 0.335 e. The molecule has 142 valence electrons. The molecule has 1 amide bonds. The Balaban J connectivity index is 1.83. The molecular formula is C22H18ClNO4. The quantitative estimate of drug-likeness (QED) is 0.826. The van der Waals surface area contributed by atoms with Crippen LogP contribution in [0.4, 0.5) is 5.69 Å². The molecule has 2 aliphatic rings. The lowest BCUT2D eigenvalue weighted by molar-refractivity contribution is -0.119. The molecule has 1 N–H and O–H groups in total. The Labute approximate surface area is 167 Å². The predicted molar refractivity (Wildman–Crippen MR) is 106 cm³/mol. The summed E-state index contributed by atoms with van der Waals surface area (Å²) in [5, 5.41) is 9.65. The van der Waals surface area contributed by atoms with E-state index in [0.717, 1.165) is 5.56 Å². The van der Waals surface area contributed by atoms with Gasteiger partial charge in [-0.05, 0) is 48.7 Å². The number of hydrogen-bond donors (Lipinski definition) is 1. The summed E-state index contributed by atoms with van der Waals surface area (Å²) in [6.45, 7) is 0. The highest BCUT2D eigenvalue weighted by atomic mass is 35.5. The van der Waals surface area contributed by atoms with E-state index in [4.69, 9.17) is 16.7 Å². The first kappa shape index (κ1) is 18.4. The average Bonchev–Trinajstić information content (AvgIpc) is 2.68. The van der Waals surface area contributed by atoms with Gasteiger partial charge in [0.1, 0.15) is 0 Å². The van der Waals surface area contributed by atoms with E-state index in [1.807, 2.05) is 18.2 Å². The lowest BCUT2D eigenvalue weighted by Gasteiger charge is -2.38. The van der Waals surface area contributed by atoms with Crippen molar-refractivity contribution in [3.8, 4) is 0 Å². The Kier molecular flexibility index (Phi) is 4.77. The third-order valence-electron chi connectivity index (χ3n) is 5.33. The number of carbonyl (C=O) groups is 3. The number of hydrogen-bond acceptors (Lipinski definition) is 3. The van der Waals surface area contributed by atoms with E-state index in [9.17, 15) is 14.4 Å². The highest BCUT2D eigenvalue weighted by molar-refractivity contribution is 6.31. The summed E-state index contributed by atoms with van der Waals surface area (Å²) in [5.74, 6) is -1.45. The number of nitrogens with zero attached hydrogens (tertiary/aromatic N) is 1. The molecule has 1 aliphatic heterocycles. The topological polar surface area (TPSA) is 74.7 Å². The molecular weight excluding hydrogens is 378 g/mol. The Morgan fingerprint density at radius 2 is 1.75 bits per heavy atom. The van der Waals surface area contributed by atoms with Gasteiger partial charge in [0.15, 0.2) is 5.78 Å². The number of Topliss-reactive ketones (excluding diaryl/α,β-unsaturated/α-hetero) is 1. The number of ketones is 1. The van der Waals surface area contributed by atoms with Gasteiger partial charge >= 0.3 is 5.97 Å². The zero-order chi connectivity index (χ0) is 19.8. The highest BCUT2D eigenvalue weighted by Gasteiger charge is 2.40. The molecule has 0 saturated heterocycles. The Morgan fingerprint density at radius 3 is 2.43 bits per heavy atom. The van der Waals surface area contributed by atoms with Crippen molar-refractivity contribution in [2.24, 2.45) is 0 Å². The number of carbonyl (C=O) groups excluding carboxylic acids is 2. The molecule has 0 aromatic heterocycles. The van der Waals surface area contributed by atoms with E-state index in [-0.39, 0.29) is 29.6 Å². The van der Waals surface area contributed by atoms with Gasteiger partial charge in [0.25, 0.3) is 0 Å². The third kappa shape index (κ3) is 3.12. The standard InChI is InChI=1S/C22H18ClNO4/c23-17-5-2-1-4-15(17)16-12-20(26)24(18-6-3-7-19(25)21(16)18)14-10-8-13(9-11-14)22(27)28/h1-2,4-5,8-11,16H,3,6-7,12H2,(H,27,28). The van der Waals surface area contributed by atoms with Gasteiger partial charge in [-0.1, -0.05) is 29.8 Å². The summed E-state index contributed by atoms with van der Waals surface area (Å²) in [7, 11) is 0. The van der Waals surface area contributed by atoms with Crippen LogP contribution in [0.5, 0.6) is 0 Å². The fourth-order valence-electron chi connectivity index (χ4n) is 4.07. The first-order valence-electron chi connectivity index (χ1n) is 9.14. The van der Waals surface area contributed by atoms with E-state index >= 15 is 0 Å². The van der Waals surface area contributed by atoms with Crippen molar-refractivity contribution in [3.05, 3.63) is 76.0 Å². The van der Waals surface area contributed by atoms with Crippen LogP contribution in [-0.4, -0.2) is 22.8 Å². The Morgan fingerprint density at radius 1 is 1.04 bits per heavy atom. The van der Waals surface area contributed by atoms with Crippen molar-refractivity contribution < 1.29 is 19.5 Å². The molecule has 0 bridgehead atoms. The summed E-state index contributed by atoms with van der Waals surface area (Å²) in [4.78, 5) is 38.6. The number of amides is 1. The van der Waals surface area contributed by atoms with Crippen LogP contribution in [0.1, 0.15) is 47.5 Å². The van der Waals surface area contributed by atoms with Gasteiger partial charge in [-0.15, -0.1) is 0 Å². The Bertz CT molecular complexity index is 1010. The van der Waals surface area contributed by atoms with E-state index < -0.39 is 5.97 Å². The average molecular weight is 396 g/mol. The molecule has 28 heavy (non-hydrogen) atoms. The molecule has 5 nitrogen and oxygen atoms in total. The minimum atomic E-state index is -1.02. The van der Waals surface area contributed by atoms with Crippen molar-refractivity contribution in [1.82, 2.24) is 0 Å². The molecule has 2 aromatic carbocycles. The fourth-order valence-corrected chi connectivity index (χ4v) is 4.34. The van der Waals surface area contributed by atoms with Gasteiger partial charge in [-0.25, -0.2) is 4.79 Å². The summed E-state index contributed by atoms with van der Waals surface area (Å²) in [5.41, 5.74) is 2.88. The predicted octanol–water partition coefficient (Wildman–Crippen LogP) is 4.57. The van der Waals surface area contributed by atoms with Crippen LogP contribution in [0.15, 0.2) is 59.8 Å². The number of carboxylic acids is 1. The van der Waals surface area contributed by atoms with Gasteiger partial charge in [-0.3, -0.25) is 14.5 Å². The van der Waals surface area contributed by atoms with Crippen LogP contribution in [0.3, 0.4) is 0 Å². The van der Waals surface area contributed by atoms with Crippen molar-refractivity contribution in [2.45, 2.75) is 31.6 Å². The second-order valence-corrected chi connectivity index (χ2v) is 7.40. The molecule has 4 rings (SSSR count). The van der Waals surface area contributed by atoms with Crippen molar-refractivity contribution in [1.29, 1.82) is 0 Å². The maximum atomic E-state index is 13.1. The molecule has 0 radical (unpaired) electrons. The number of aromatic carboxylic acids is 1. The van der Waals surface area contributed by atoms with E-state index in [2.05, 4.69) is 0 Å². The number of carboxylic acid groups (broad SMARTS) is 1. The fraction of sp³-hybridized carbons (Fsp3) is 0.227. The van der Waals surface area contributed by atoms with Crippen molar-refractivity contribution in [2.75, 3.05) is 4.90 Å². The smallest absolute Gasteiger partial charge is 0.335 e. The SMILES string of the molecule is O=C1CCCC2=C1C(c1ccccc1Cl)CC(=O)N2c1ccc(C(=O)O)cc1. The molecule has 1 heterocycles. The summed E-state index contributed by atoms with van der Waals surface area (Å²) < 4.78 is 0. The van der Waals surface area contributed by atoms with Gasteiger partial charge in [-0.2, -0.15) is 0 Å². The molecule has 2 aromatic rings. The summed E-state index contributed by atoms with van der Waals surface area (Å²) in [6, 6.07) is 13.5. The zero-order valence-electron chi connectivity index (χ0n) is 15.0. The molecule has 1 unspecified atom stereocenters. The summed E-state index contributed by atoms with van der Waals surface area (Å²) in [6.07, 6.45) is 1.91. The number of anilines is 1. The van der Waals surface area contributed by atoms with Crippen LogP contribution in [0.25, 0.3) is 0 Å². The minimum Gasteiger partial charge on any atom is -0.478 e. The van der Waals surface area contributed by atoms with Crippen LogP contribution < -0.4 is 4.90 Å². The second-order valence-electron chi connectivity index (χ2n) is 7.00. The lowest BCUT2D eigenvalue weighted by atomic mass is 9.77. The van der Waals surface area contributed by atoms with E-state index in [0.29, 0.717) is 41.2 Å². The monoisotopic (exact) mass is 395 g/mol. The minimum absolute atomic E-state index is 0.0471. The number of rotatable bonds is 3. The van der Waals surface area contributed by atoms with Gasteiger partial charge in [0.05, 0.1) is 5.56 Å². The molecule has 1 atom stereocenters. The van der Waals surface area contributed by atoms with Crippen LogP contribution in [-0.2, 0) is 9.59 Å². The lowest BCUT2D eigenvalue weighted by Crippen LogP contribution is -2.40. The first-order valence-corrected chi connectivity index (χ1v) is 9.52. The molecule has 0 spiro atoms. The third-order valence-corrected chi connectivity index (χ3v) is 5.67. The summed E-state index contributed by atoms with van der Waals surface area (Å²) >= 11 is 6.37. The van der Waals surface area contributed by atoms with Gasteiger partial charge in [0, 0.05) is 40.7 Å². The molecule has 6 heteroatoms. The van der Waals surface area contributed by atoms with Gasteiger partial charge in [0.2, 0.25) is 5.91 Å². The number of benzene rings is 2. The largest absolute Gasteiger partial charge is 0.478 e. The second kappa shape index (κ2) is 7.24. The number of halogens is 1. The highest BCUT2D eigenvalue weighted by Crippen LogP contribution is 2.44. The zero-order valence-corrected chi connectivity index (χ0v) is 15.8. The maximum absolute atomic E-state index is 13.1. The normalized spacial score (nSPS) is 19.6. The van der Waals surface area contributed by atoms with E-state index in [1.165, 1.54) is 12.1 Å². The first-order chi connectivity index (χ1) is 13.5.